The number of epoxide rings is 1. The van der Waals surface area contributed by atoms with Crippen LogP contribution in [0.15, 0.2) is 47.4 Å². The minimum atomic E-state index is -0.773. The first kappa shape index (κ1) is 24.8. The lowest BCUT2D eigenvalue weighted by Crippen LogP contribution is -2.44. The van der Waals surface area contributed by atoms with Gasteiger partial charge >= 0.3 is 5.97 Å². The fourth-order valence-electron chi connectivity index (χ4n) is 4.84. The van der Waals surface area contributed by atoms with Crippen LogP contribution in [0.3, 0.4) is 0 Å². The number of aliphatic carboxylic acids is 1. The summed E-state index contributed by atoms with van der Waals surface area (Å²) in [6.07, 6.45) is 7.22. The highest BCUT2D eigenvalue weighted by atomic mass is 32.2. The van der Waals surface area contributed by atoms with E-state index in [1.165, 1.54) is 0 Å². The lowest BCUT2D eigenvalue weighted by atomic mass is 9.77. The average Bonchev–Trinajstić information content (AvgIpc) is 3.45. The van der Waals surface area contributed by atoms with Crippen LogP contribution in [0.5, 0.6) is 0 Å². The zero-order chi connectivity index (χ0) is 23.9. The van der Waals surface area contributed by atoms with E-state index in [2.05, 4.69) is 16.7 Å². The predicted octanol–water partition coefficient (Wildman–Crippen LogP) is 2.38. The Labute approximate surface area is 203 Å². The second-order valence-electron chi connectivity index (χ2n) is 8.94. The molecule has 184 valence electrons. The van der Waals surface area contributed by atoms with Gasteiger partial charge in [0.2, 0.25) is 11.8 Å². The third-order valence-corrected chi connectivity index (χ3v) is 7.59. The summed E-state index contributed by atoms with van der Waals surface area (Å²) in [5.74, 6) is -0.0303. The number of ether oxygens (including phenoxy) is 2. The number of hydrogen-bond acceptors (Lipinski definition) is 6. The highest BCUT2D eigenvalue weighted by Gasteiger charge is 2.68. The van der Waals surface area contributed by atoms with E-state index >= 15 is 0 Å². The number of fused-ring (bicyclic) bond motifs is 5. The molecule has 3 aliphatic rings. The molecule has 0 aromatic heterocycles. The van der Waals surface area contributed by atoms with Gasteiger partial charge in [0.15, 0.2) is 0 Å². The van der Waals surface area contributed by atoms with Gasteiger partial charge in [0.05, 0.1) is 18.8 Å². The quantitative estimate of drug-likeness (QED) is 0.159. The van der Waals surface area contributed by atoms with Gasteiger partial charge in [-0.25, -0.2) is 0 Å². The molecule has 1 aromatic rings. The van der Waals surface area contributed by atoms with E-state index in [4.69, 9.17) is 14.6 Å². The molecule has 3 saturated heterocycles. The van der Waals surface area contributed by atoms with Crippen molar-refractivity contribution in [3.8, 4) is 0 Å². The minimum absolute atomic E-state index is 0.00492. The highest BCUT2D eigenvalue weighted by molar-refractivity contribution is 7.99. The van der Waals surface area contributed by atoms with Crippen LogP contribution in [0.1, 0.15) is 32.1 Å². The van der Waals surface area contributed by atoms with Crippen molar-refractivity contribution in [2.45, 2.75) is 61.4 Å². The molecule has 1 aromatic carbocycles. The topological polar surface area (TPSA) is 117 Å². The van der Waals surface area contributed by atoms with Crippen molar-refractivity contribution in [2.75, 3.05) is 18.8 Å². The summed E-state index contributed by atoms with van der Waals surface area (Å²) in [6.45, 7) is 0.455. The molecule has 2 amide bonds. The van der Waals surface area contributed by atoms with Gasteiger partial charge in [-0.1, -0.05) is 30.4 Å². The second-order valence-corrected chi connectivity index (χ2v) is 10.1. The van der Waals surface area contributed by atoms with Gasteiger partial charge in [-0.2, -0.15) is 0 Å². The van der Waals surface area contributed by atoms with Crippen molar-refractivity contribution >= 4 is 29.5 Å². The first-order valence-electron chi connectivity index (χ1n) is 11.9. The summed E-state index contributed by atoms with van der Waals surface area (Å²) in [5, 5.41) is 14.4. The van der Waals surface area contributed by atoms with Gasteiger partial charge in [-0.15, -0.1) is 11.8 Å². The number of rotatable bonds is 14. The summed E-state index contributed by atoms with van der Waals surface area (Å²) in [7, 11) is 0. The number of unbranched alkanes of at least 4 members (excludes halogenated alkanes) is 1. The maximum atomic E-state index is 12.3. The smallest absolute Gasteiger partial charge is 0.303 e. The molecular formula is C25H32N2O6S. The molecule has 0 aliphatic carbocycles. The van der Waals surface area contributed by atoms with E-state index < -0.39 is 5.97 Å². The SMILES string of the molecule is O=C(O)CCCC=CC[C@H]1[C@@H](CNC(=O)CNC(=O)CCSc2ccccc2)[C@@H]2O[C@H]1[C@@H]1O[C@@H]12. The Kier molecular flexibility index (Phi) is 8.64. The van der Waals surface area contributed by atoms with Gasteiger partial charge in [0.1, 0.15) is 12.2 Å². The van der Waals surface area contributed by atoms with Crippen LogP contribution >= 0.6 is 11.8 Å². The number of carbonyl (C=O) groups excluding carboxylic acids is 2. The largest absolute Gasteiger partial charge is 0.481 e. The molecule has 0 unspecified atom stereocenters. The number of hydrogen-bond donors (Lipinski definition) is 3. The van der Waals surface area contributed by atoms with E-state index in [1.54, 1.807) is 11.8 Å². The van der Waals surface area contributed by atoms with Gasteiger partial charge in [0.25, 0.3) is 0 Å². The van der Waals surface area contributed by atoms with E-state index in [1.807, 2.05) is 36.4 Å². The maximum absolute atomic E-state index is 12.3. The van der Waals surface area contributed by atoms with Crippen LogP contribution in [-0.2, 0) is 23.9 Å². The zero-order valence-corrected chi connectivity index (χ0v) is 19.9. The Morgan fingerprint density at radius 2 is 1.65 bits per heavy atom. The van der Waals surface area contributed by atoms with Crippen molar-refractivity contribution < 1.29 is 29.0 Å². The summed E-state index contributed by atoms with van der Waals surface area (Å²) in [5.41, 5.74) is 0. The fourth-order valence-corrected chi connectivity index (χ4v) is 5.71. The third-order valence-electron chi connectivity index (χ3n) is 6.58. The zero-order valence-electron chi connectivity index (χ0n) is 19.1. The molecule has 6 atom stereocenters. The number of carbonyl (C=O) groups is 3. The Hall–Kier alpha value is -2.36. The first-order chi connectivity index (χ1) is 16.5. The van der Waals surface area contributed by atoms with Crippen LogP contribution in [0.4, 0.5) is 0 Å². The van der Waals surface area contributed by atoms with Crippen LogP contribution in [0.25, 0.3) is 0 Å². The van der Waals surface area contributed by atoms with Crippen LogP contribution in [0, 0.1) is 11.8 Å². The third kappa shape index (κ3) is 6.61. The summed E-state index contributed by atoms with van der Waals surface area (Å²) < 4.78 is 11.9. The second kappa shape index (κ2) is 11.9. The number of allylic oxidation sites excluding steroid dienone is 2. The van der Waals surface area contributed by atoms with Crippen molar-refractivity contribution in [2.24, 2.45) is 11.8 Å². The predicted molar refractivity (Wildman–Crippen MR) is 127 cm³/mol. The number of carboxylic acids is 1. The Morgan fingerprint density at radius 3 is 2.41 bits per heavy atom. The molecule has 2 bridgehead atoms. The van der Waals surface area contributed by atoms with E-state index in [-0.39, 0.29) is 61.0 Å². The summed E-state index contributed by atoms with van der Waals surface area (Å²) in [4.78, 5) is 36.1. The Morgan fingerprint density at radius 1 is 0.912 bits per heavy atom. The molecule has 0 radical (unpaired) electrons. The molecule has 3 aliphatic heterocycles. The molecule has 0 saturated carbocycles. The number of amides is 2. The molecule has 3 N–H and O–H groups in total. The number of nitrogens with one attached hydrogen (secondary N) is 2. The van der Waals surface area contributed by atoms with Crippen molar-refractivity contribution in [1.29, 1.82) is 0 Å². The average molecular weight is 489 g/mol. The molecule has 3 heterocycles. The number of carboxylic acid groups (broad SMARTS) is 1. The van der Waals surface area contributed by atoms with Crippen molar-refractivity contribution in [3.63, 3.8) is 0 Å². The maximum Gasteiger partial charge on any atom is 0.303 e. The standard InChI is InChI=1S/C25H32N2O6S/c28-19(12-13-34-16-8-4-3-5-9-16)27-15-20(29)26-14-18-17(10-6-1-2-7-11-21(30)31)22-24-25(33-24)23(18)32-22/h1,3-6,8-9,17-18,22-25H,2,7,10-15H2,(H,26,29)(H,27,28)(H,30,31)/t17-,18+,22+,23-,24-,25+/m0/s1. The summed E-state index contributed by atoms with van der Waals surface area (Å²) in [6, 6.07) is 9.90. The van der Waals surface area contributed by atoms with Crippen molar-refractivity contribution in [3.05, 3.63) is 42.5 Å². The van der Waals surface area contributed by atoms with E-state index in [0.717, 1.165) is 17.7 Å². The van der Waals surface area contributed by atoms with Crippen LogP contribution in [-0.4, -0.2) is 66.1 Å². The van der Waals surface area contributed by atoms with E-state index in [9.17, 15) is 14.4 Å². The van der Waals surface area contributed by atoms with Gasteiger partial charge in [-0.3, -0.25) is 14.4 Å². The number of benzene rings is 1. The van der Waals surface area contributed by atoms with Crippen LogP contribution in [0.2, 0.25) is 0 Å². The minimum Gasteiger partial charge on any atom is -0.481 e. The van der Waals surface area contributed by atoms with Gasteiger partial charge < -0.3 is 25.2 Å². The summed E-state index contributed by atoms with van der Waals surface area (Å²) >= 11 is 1.61. The monoisotopic (exact) mass is 488 g/mol. The Bertz CT molecular complexity index is 895. The molecule has 0 spiro atoms. The molecule has 3 fully saturated rings. The van der Waals surface area contributed by atoms with Gasteiger partial charge in [-0.05, 0) is 37.3 Å². The van der Waals surface area contributed by atoms with Gasteiger partial charge in [0, 0.05) is 36.0 Å². The fraction of sp³-hybridized carbons (Fsp3) is 0.560. The Balaban J connectivity index is 1.14. The molecule has 4 rings (SSSR count). The molecule has 8 nitrogen and oxygen atoms in total. The van der Waals surface area contributed by atoms with E-state index in [0.29, 0.717) is 25.1 Å². The lowest BCUT2D eigenvalue weighted by molar-refractivity contribution is -0.137. The highest BCUT2D eigenvalue weighted by Crippen LogP contribution is 2.54. The lowest BCUT2D eigenvalue weighted by Gasteiger charge is -2.25. The first-order valence-corrected chi connectivity index (χ1v) is 12.9. The molecule has 9 heteroatoms. The molecule has 34 heavy (non-hydrogen) atoms. The van der Waals surface area contributed by atoms with Crippen LogP contribution < -0.4 is 10.6 Å². The molecular weight excluding hydrogens is 456 g/mol. The van der Waals surface area contributed by atoms with Crippen molar-refractivity contribution in [1.82, 2.24) is 10.6 Å². The number of thioether (sulfide) groups is 1. The normalized spacial score (nSPS) is 28.6.